The SMILES string of the molecule is c1ccc2c(c1)CCN2C1CC1. The quantitative estimate of drug-likeness (QED) is 0.607. The van der Waals surface area contributed by atoms with E-state index < -0.39 is 0 Å². The van der Waals surface area contributed by atoms with Crippen molar-refractivity contribution in [3.8, 4) is 0 Å². The van der Waals surface area contributed by atoms with E-state index >= 15 is 0 Å². The van der Waals surface area contributed by atoms with E-state index in [9.17, 15) is 0 Å². The van der Waals surface area contributed by atoms with E-state index in [1.165, 1.54) is 31.5 Å². The van der Waals surface area contributed by atoms with Crippen LogP contribution in [0.3, 0.4) is 0 Å². The first-order valence-electron chi connectivity index (χ1n) is 4.80. The Bertz CT molecular complexity index is 302. The number of nitrogens with zero attached hydrogens (tertiary/aromatic N) is 1. The maximum atomic E-state index is 2.58. The smallest absolute Gasteiger partial charge is 0.0402 e. The Hall–Kier alpha value is -0.980. The fourth-order valence-corrected chi connectivity index (χ4v) is 2.13. The summed E-state index contributed by atoms with van der Waals surface area (Å²) in [6, 6.07) is 9.71. The van der Waals surface area contributed by atoms with Gasteiger partial charge in [-0.1, -0.05) is 18.2 Å². The molecule has 0 saturated heterocycles. The summed E-state index contributed by atoms with van der Waals surface area (Å²) in [5.74, 6) is 0. The van der Waals surface area contributed by atoms with E-state index in [0.29, 0.717) is 0 Å². The highest BCUT2D eigenvalue weighted by molar-refractivity contribution is 5.59. The molecule has 0 amide bonds. The van der Waals surface area contributed by atoms with Crippen LogP contribution in [-0.2, 0) is 6.42 Å². The Kier molecular flexibility index (Phi) is 1.23. The number of anilines is 1. The van der Waals surface area contributed by atoms with Crippen LogP contribution in [-0.4, -0.2) is 12.6 Å². The molecule has 62 valence electrons. The Balaban J connectivity index is 2.01. The molecule has 12 heavy (non-hydrogen) atoms. The Morgan fingerprint density at radius 3 is 2.83 bits per heavy atom. The first-order valence-corrected chi connectivity index (χ1v) is 4.80. The number of hydrogen-bond donors (Lipinski definition) is 0. The first kappa shape index (κ1) is 6.53. The van der Waals surface area contributed by atoms with Crippen molar-refractivity contribution < 1.29 is 0 Å². The van der Waals surface area contributed by atoms with Crippen molar-refractivity contribution in [3.63, 3.8) is 0 Å². The van der Waals surface area contributed by atoms with E-state index in [2.05, 4.69) is 29.2 Å². The Labute approximate surface area is 73.0 Å². The fourth-order valence-electron chi connectivity index (χ4n) is 2.13. The minimum absolute atomic E-state index is 0.883. The molecule has 0 spiro atoms. The van der Waals surface area contributed by atoms with Gasteiger partial charge in [0.15, 0.2) is 0 Å². The van der Waals surface area contributed by atoms with Crippen LogP contribution in [0.5, 0.6) is 0 Å². The number of para-hydroxylation sites is 1. The zero-order valence-electron chi connectivity index (χ0n) is 7.16. The normalized spacial score (nSPS) is 21.2. The van der Waals surface area contributed by atoms with Crippen molar-refractivity contribution >= 4 is 5.69 Å². The lowest BCUT2D eigenvalue weighted by Crippen LogP contribution is -2.22. The summed E-state index contributed by atoms with van der Waals surface area (Å²) >= 11 is 0. The molecule has 1 aromatic carbocycles. The third-order valence-electron chi connectivity index (χ3n) is 2.91. The van der Waals surface area contributed by atoms with E-state index in [-0.39, 0.29) is 0 Å². The summed E-state index contributed by atoms with van der Waals surface area (Å²) in [5, 5.41) is 0. The molecule has 1 aromatic rings. The molecule has 0 atom stereocenters. The van der Waals surface area contributed by atoms with Crippen LogP contribution in [0.15, 0.2) is 24.3 Å². The van der Waals surface area contributed by atoms with Gasteiger partial charge in [0.1, 0.15) is 0 Å². The molecule has 0 N–H and O–H groups in total. The minimum Gasteiger partial charge on any atom is -0.368 e. The molecule has 1 aliphatic carbocycles. The standard InChI is InChI=1S/C11H13N/c1-2-4-11-9(3-1)7-8-12(11)10-5-6-10/h1-4,10H,5-8H2. The minimum atomic E-state index is 0.883. The van der Waals surface area contributed by atoms with Gasteiger partial charge in [-0.05, 0) is 30.9 Å². The molecule has 1 saturated carbocycles. The topological polar surface area (TPSA) is 3.24 Å². The first-order chi connectivity index (χ1) is 5.95. The predicted molar refractivity (Wildman–Crippen MR) is 50.5 cm³/mol. The second-order valence-corrected chi connectivity index (χ2v) is 3.80. The zero-order valence-corrected chi connectivity index (χ0v) is 7.16. The van der Waals surface area contributed by atoms with E-state index in [1.807, 2.05) is 0 Å². The molecule has 1 heterocycles. The molecular weight excluding hydrogens is 146 g/mol. The van der Waals surface area contributed by atoms with Crippen LogP contribution in [0.1, 0.15) is 18.4 Å². The van der Waals surface area contributed by atoms with Crippen molar-refractivity contribution in [1.29, 1.82) is 0 Å². The van der Waals surface area contributed by atoms with E-state index in [1.54, 1.807) is 5.56 Å². The number of rotatable bonds is 1. The highest BCUT2D eigenvalue weighted by Gasteiger charge is 2.32. The molecule has 1 heteroatoms. The zero-order chi connectivity index (χ0) is 7.97. The third kappa shape index (κ3) is 0.857. The molecule has 1 aliphatic heterocycles. The molecule has 2 aliphatic rings. The second-order valence-electron chi connectivity index (χ2n) is 3.80. The van der Waals surface area contributed by atoms with Crippen LogP contribution in [0, 0.1) is 0 Å². The van der Waals surface area contributed by atoms with Gasteiger partial charge in [-0.2, -0.15) is 0 Å². The molecule has 0 aromatic heterocycles. The van der Waals surface area contributed by atoms with Crippen LogP contribution in [0.4, 0.5) is 5.69 Å². The molecule has 0 unspecified atom stereocenters. The van der Waals surface area contributed by atoms with Gasteiger partial charge in [-0.25, -0.2) is 0 Å². The lowest BCUT2D eigenvalue weighted by molar-refractivity contribution is 0.831. The van der Waals surface area contributed by atoms with Gasteiger partial charge in [0.25, 0.3) is 0 Å². The molecule has 3 rings (SSSR count). The predicted octanol–water partition coefficient (Wildman–Crippen LogP) is 2.21. The number of benzene rings is 1. The van der Waals surface area contributed by atoms with Gasteiger partial charge >= 0.3 is 0 Å². The van der Waals surface area contributed by atoms with Crippen molar-refractivity contribution in [1.82, 2.24) is 0 Å². The van der Waals surface area contributed by atoms with Gasteiger partial charge in [-0.3, -0.25) is 0 Å². The summed E-state index contributed by atoms with van der Waals surface area (Å²) in [5.41, 5.74) is 3.05. The Morgan fingerprint density at radius 2 is 2.00 bits per heavy atom. The lowest BCUT2D eigenvalue weighted by Gasteiger charge is -2.17. The highest BCUT2D eigenvalue weighted by Crippen LogP contribution is 2.37. The van der Waals surface area contributed by atoms with E-state index in [0.717, 1.165) is 6.04 Å². The van der Waals surface area contributed by atoms with Crippen molar-refractivity contribution in [2.45, 2.75) is 25.3 Å². The average molecular weight is 159 g/mol. The maximum Gasteiger partial charge on any atom is 0.0402 e. The van der Waals surface area contributed by atoms with E-state index in [4.69, 9.17) is 0 Å². The fraction of sp³-hybridized carbons (Fsp3) is 0.455. The maximum absolute atomic E-state index is 2.58. The van der Waals surface area contributed by atoms with Crippen LogP contribution >= 0.6 is 0 Å². The van der Waals surface area contributed by atoms with Gasteiger partial charge in [-0.15, -0.1) is 0 Å². The lowest BCUT2D eigenvalue weighted by atomic mass is 10.2. The molecule has 1 nitrogen and oxygen atoms in total. The summed E-state index contributed by atoms with van der Waals surface area (Å²) in [6.45, 7) is 1.25. The average Bonchev–Trinajstić information content (AvgIpc) is 2.86. The monoisotopic (exact) mass is 159 g/mol. The van der Waals surface area contributed by atoms with Gasteiger partial charge in [0.2, 0.25) is 0 Å². The van der Waals surface area contributed by atoms with Crippen LogP contribution in [0.25, 0.3) is 0 Å². The van der Waals surface area contributed by atoms with Crippen molar-refractivity contribution in [2.75, 3.05) is 11.4 Å². The Morgan fingerprint density at radius 1 is 1.17 bits per heavy atom. The molecule has 1 fully saturated rings. The van der Waals surface area contributed by atoms with Crippen LogP contribution in [0.2, 0.25) is 0 Å². The summed E-state index contributed by atoms with van der Waals surface area (Å²) in [6.07, 6.45) is 4.08. The van der Waals surface area contributed by atoms with Crippen molar-refractivity contribution in [2.24, 2.45) is 0 Å². The third-order valence-corrected chi connectivity index (χ3v) is 2.91. The van der Waals surface area contributed by atoms with Gasteiger partial charge < -0.3 is 4.90 Å². The molecule has 0 bridgehead atoms. The van der Waals surface area contributed by atoms with Gasteiger partial charge in [0.05, 0.1) is 0 Å². The number of fused-ring (bicyclic) bond motifs is 1. The summed E-state index contributed by atoms with van der Waals surface area (Å²) < 4.78 is 0. The largest absolute Gasteiger partial charge is 0.368 e. The van der Waals surface area contributed by atoms with Crippen molar-refractivity contribution in [3.05, 3.63) is 29.8 Å². The second kappa shape index (κ2) is 2.25. The van der Waals surface area contributed by atoms with Gasteiger partial charge in [0, 0.05) is 18.3 Å². The summed E-state index contributed by atoms with van der Waals surface area (Å²) in [4.78, 5) is 2.58. The number of hydrogen-bond acceptors (Lipinski definition) is 1. The molecular formula is C11H13N. The highest BCUT2D eigenvalue weighted by atomic mass is 15.2. The van der Waals surface area contributed by atoms with Crippen LogP contribution < -0.4 is 4.90 Å². The summed E-state index contributed by atoms with van der Waals surface area (Å²) in [7, 11) is 0. The molecule has 0 radical (unpaired) electrons.